The van der Waals surface area contributed by atoms with Gasteiger partial charge in [0.15, 0.2) is 0 Å². The molecule has 6 nitrogen and oxygen atoms in total. The number of anilines is 1. The number of benzene rings is 2. The van der Waals surface area contributed by atoms with Crippen LogP contribution in [0.2, 0.25) is 0 Å². The summed E-state index contributed by atoms with van der Waals surface area (Å²) in [5, 5.41) is 18.5. The fourth-order valence-electron chi connectivity index (χ4n) is 1.62. The van der Waals surface area contributed by atoms with Crippen LogP contribution in [0, 0.1) is 24.0 Å². The van der Waals surface area contributed by atoms with Gasteiger partial charge in [-0.2, -0.15) is 0 Å². The Hall–Kier alpha value is -2.76. The van der Waals surface area contributed by atoms with E-state index in [1.165, 1.54) is 17.7 Å². The average Bonchev–Trinajstić information content (AvgIpc) is 2.43. The second-order valence-electron chi connectivity index (χ2n) is 4.39. The van der Waals surface area contributed by atoms with Gasteiger partial charge in [0.25, 0.3) is 5.69 Å². The summed E-state index contributed by atoms with van der Waals surface area (Å²) in [7, 11) is 0. The first-order valence-corrected chi connectivity index (χ1v) is 6.05. The van der Waals surface area contributed by atoms with Crippen molar-refractivity contribution in [1.82, 2.24) is 0 Å². The lowest BCUT2D eigenvalue weighted by atomic mass is 10.1. The first kappa shape index (κ1) is 13.7. The minimum absolute atomic E-state index is 0.0105. The predicted octanol–water partition coefficient (Wildman–Crippen LogP) is 4.32. The highest BCUT2D eigenvalue weighted by molar-refractivity contribution is 5.50. The van der Waals surface area contributed by atoms with E-state index in [-0.39, 0.29) is 5.69 Å². The van der Waals surface area contributed by atoms with Gasteiger partial charge in [0.1, 0.15) is 0 Å². The zero-order valence-electron chi connectivity index (χ0n) is 11.2. The van der Waals surface area contributed by atoms with Gasteiger partial charge in [-0.15, -0.1) is 5.11 Å². The Morgan fingerprint density at radius 2 is 1.90 bits per heavy atom. The smallest absolute Gasteiger partial charge is 0.260 e. The summed E-state index contributed by atoms with van der Waals surface area (Å²) < 4.78 is 0. The van der Waals surface area contributed by atoms with E-state index < -0.39 is 4.92 Å². The van der Waals surface area contributed by atoms with Crippen molar-refractivity contribution in [3.8, 4) is 0 Å². The molecule has 2 aromatic rings. The highest BCUT2D eigenvalue weighted by Crippen LogP contribution is 2.19. The summed E-state index contributed by atoms with van der Waals surface area (Å²) in [5.74, 6) is 0. The van der Waals surface area contributed by atoms with Gasteiger partial charge in [-0.25, -0.2) is 0 Å². The van der Waals surface area contributed by atoms with Crippen molar-refractivity contribution in [2.45, 2.75) is 13.8 Å². The second-order valence-corrected chi connectivity index (χ2v) is 4.39. The standard InChI is InChI=1S/C14H14N4O2/c1-10-6-7-13(8-11(10)2)16-17-15-12-4-3-5-14(9-12)18(19)20/h3-9H,1-2H3,(H,15,16). The van der Waals surface area contributed by atoms with Crippen molar-refractivity contribution in [2.24, 2.45) is 10.3 Å². The molecule has 0 aromatic heterocycles. The highest BCUT2D eigenvalue weighted by Gasteiger charge is 2.04. The zero-order valence-corrected chi connectivity index (χ0v) is 11.2. The molecule has 0 bridgehead atoms. The lowest BCUT2D eigenvalue weighted by Gasteiger charge is -2.01. The van der Waals surface area contributed by atoms with Crippen molar-refractivity contribution in [1.29, 1.82) is 0 Å². The molecule has 0 atom stereocenters. The summed E-state index contributed by atoms with van der Waals surface area (Å²) in [6.45, 7) is 4.03. The number of nitrogens with one attached hydrogen (secondary N) is 1. The SMILES string of the molecule is Cc1ccc(N=NNc2cccc([N+](=O)[O-])c2)cc1C. The number of nitro groups is 1. The molecule has 102 valence electrons. The molecule has 0 aliphatic rings. The van der Waals surface area contributed by atoms with Crippen LogP contribution in [0.25, 0.3) is 0 Å². The van der Waals surface area contributed by atoms with E-state index >= 15 is 0 Å². The molecule has 0 fully saturated rings. The molecule has 0 heterocycles. The lowest BCUT2D eigenvalue weighted by Crippen LogP contribution is -1.90. The van der Waals surface area contributed by atoms with Crippen LogP contribution in [0.1, 0.15) is 11.1 Å². The van der Waals surface area contributed by atoms with E-state index in [1.54, 1.807) is 12.1 Å². The van der Waals surface area contributed by atoms with Gasteiger partial charge in [0.2, 0.25) is 0 Å². The topological polar surface area (TPSA) is 79.9 Å². The number of nitrogens with zero attached hydrogens (tertiary/aromatic N) is 3. The molecule has 0 saturated heterocycles. The van der Waals surface area contributed by atoms with Crippen LogP contribution in [-0.2, 0) is 0 Å². The van der Waals surface area contributed by atoms with Crippen molar-refractivity contribution < 1.29 is 4.92 Å². The van der Waals surface area contributed by atoms with E-state index in [0.717, 1.165) is 11.3 Å². The molecule has 2 aromatic carbocycles. The molecule has 0 aliphatic heterocycles. The Labute approximate surface area is 116 Å². The Bertz CT molecular complexity index is 668. The Morgan fingerprint density at radius 3 is 2.60 bits per heavy atom. The van der Waals surface area contributed by atoms with E-state index in [4.69, 9.17) is 0 Å². The fraction of sp³-hybridized carbons (Fsp3) is 0.143. The molecule has 1 N–H and O–H groups in total. The third-order valence-electron chi connectivity index (χ3n) is 2.89. The summed E-state index contributed by atoms with van der Waals surface area (Å²) in [5.41, 5.74) is 6.26. The Balaban J connectivity index is 2.07. The average molecular weight is 270 g/mol. The van der Waals surface area contributed by atoms with Gasteiger partial charge >= 0.3 is 0 Å². The van der Waals surface area contributed by atoms with E-state index in [1.807, 2.05) is 32.0 Å². The molecular weight excluding hydrogens is 256 g/mol. The number of rotatable bonds is 4. The number of aryl methyl sites for hydroxylation is 2. The molecule has 0 aliphatic carbocycles. The lowest BCUT2D eigenvalue weighted by molar-refractivity contribution is -0.384. The quantitative estimate of drug-likeness (QED) is 0.510. The zero-order chi connectivity index (χ0) is 14.5. The minimum Gasteiger partial charge on any atom is -0.260 e. The fourth-order valence-corrected chi connectivity index (χ4v) is 1.62. The first-order chi connectivity index (χ1) is 9.56. The highest BCUT2D eigenvalue weighted by atomic mass is 16.6. The van der Waals surface area contributed by atoms with Crippen molar-refractivity contribution >= 4 is 17.1 Å². The van der Waals surface area contributed by atoms with Crippen LogP contribution in [0.5, 0.6) is 0 Å². The summed E-state index contributed by atoms with van der Waals surface area (Å²) in [6.07, 6.45) is 0. The molecule has 6 heteroatoms. The molecule has 0 saturated carbocycles. The summed E-state index contributed by atoms with van der Waals surface area (Å²) >= 11 is 0. The molecule has 20 heavy (non-hydrogen) atoms. The van der Waals surface area contributed by atoms with E-state index in [2.05, 4.69) is 15.8 Å². The van der Waals surface area contributed by atoms with Crippen molar-refractivity contribution in [2.75, 3.05) is 5.43 Å². The van der Waals surface area contributed by atoms with Crippen LogP contribution < -0.4 is 5.43 Å². The summed E-state index contributed by atoms with van der Waals surface area (Å²) in [6, 6.07) is 11.9. The largest absolute Gasteiger partial charge is 0.271 e. The van der Waals surface area contributed by atoms with Crippen LogP contribution >= 0.6 is 0 Å². The van der Waals surface area contributed by atoms with Gasteiger partial charge in [-0.3, -0.25) is 15.5 Å². The molecule has 2 rings (SSSR count). The molecular formula is C14H14N4O2. The maximum Gasteiger partial charge on any atom is 0.271 e. The molecule has 0 spiro atoms. The molecule has 0 amide bonds. The monoisotopic (exact) mass is 270 g/mol. The van der Waals surface area contributed by atoms with Crippen LogP contribution in [-0.4, -0.2) is 4.92 Å². The Kier molecular flexibility index (Phi) is 4.05. The maximum atomic E-state index is 10.6. The summed E-state index contributed by atoms with van der Waals surface area (Å²) in [4.78, 5) is 10.2. The third-order valence-corrected chi connectivity index (χ3v) is 2.89. The van der Waals surface area contributed by atoms with Crippen LogP contribution in [0.15, 0.2) is 52.8 Å². The van der Waals surface area contributed by atoms with Gasteiger partial charge in [0, 0.05) is 12.1 Å². The van der Waals surface area contributed by atoms with Gasteiger partial charge < -0.3 is 0 Å². The molecule has 0 radical (unpaired) electrons. The molecule has 0 unspecified atom stereocenters. The van der Waals surface area contributed by atoms with E-state index in [0.29, 0.717) is 5.69 Å². The van der Waals surface area contributed by atoms with Crippen molar-refractivity contribution in [3.05, 3.63) is 63.7 Å². The number of hydrogen-bond donors (Lipinski definition) is 1. The maximum absolute atomic E-state index is 10.6. The first-order valence-electron chi connectivity index (χ1n) is 6.05. The third kappa shape index (κ3) is 3.38. The second kappa shape index (κ2) is 5.92. The van der Waals surface area contributed by atoms with E-state index in [9.17, 15) is 10.1 Å². The number of non-ortho nitro benzene ring substituents is 1. The predicted molar refractivity (Wildman–Crippen MR) is 77.2 cm³/mol. The number of nitro benzene ring substituents is 1. The van der Waals surface area contributed by atoms with Crippen LogP contribution in [0.3, 0.4) is 0 Å². The van der Waals surface area contributed by atoms with Gasteiger partial charge in [-0.1, -0.05) is 17.4 Å². The number of hydrogen-bond acceptors (Lipinski definition) is 4. The van der Waals surface area contributed by atoms with Crippen LogP contribution in [0.4, 0.5) is 17.1 Å². The van der Waals surface area contributed by atoms with Gasteiger partial charge in [0.05, 0.1) is 16.3 Å². The van der Waals surface area contributed by atoms with Crippen molar-refractivity contribution in [3.63, 3.8) is 0 Å². The Morgan fingerprint density at radius 1 is 1.10 bits per heavy atom. The van der Waals surface area contributed by atoms with Gasteiger partial charge in [-0.05, 0) is 43.2 Å². The minimum atomic E-state index is -0.453. The normalized spacial score (nSPS) is 10.7.